The van der Waals surface area contributed by atoms with Crippen molar-refractivity contribution >= 4 is 5.82 Å². The molecule has 10 heavy (non-hydrogen) atoms. The van der Waals surface area contributed by atoms with Crippen molar-refractivity contribution in [1.29, 1.82) is 0 Å². The van der Waals surface area contributed by atoms with Crippen LogP contribution in [0.3, 0.4) is 0 Å². The number of aromatic nitrogens is 2. The van der Waals surface area contributed by atoms with Crippen LogP contribution in [0.2, 0.25) is 0 Å². The third-order valence-electron chi connectivity index (χ3n) is 1.07. The summed E-state index contributed by atoms with van der Waals surface area (Å²) in [6.45, 7) is 0. The maximum absolute atomic E-state index is 10.6. The summed E-state index contributed by atoms with van der Waals surface area (Å²) in [5, 5.41) is 0. The summed E-state index contributed by atoms with van der Waals surface area (Å²) < 4.78 is 0. The summed E-state index contributed by atoms with van der Waals surface area (Å²) in [5.74, 6) is 0.615. The summed E-state index contributed by atoms with van der Waals surface area (Å²) >= 11 is 0. The van der Waals surface area contributed by atoms with Crippen molar-refractivity contribution in [2.45, 2.75) is 0 Å². The zero-order valence-corrected chi connectivity index (χ0v) is 5.88. The second-order valence-electron chi connectivity index (χ2n) is 2.11. The van der Waals surface area contributed by atoms with Crippen molar-refractivity contribution < 1.29 is 0 Å². The molecule has 0 bridgehead atoms. The van der Waals surface area contributed by atoms with Gasteiger partial charge in [0, 0.05) is 20.2 Å². The zero-order chi connectivity index (χ0) is 7.56. The van der Waals surface area contributed by atoms with Gasteiger partial charge >= 0.3 is 0 Å². The molecule has 1 N–H and O–H groups in total. The maximum atomic E-state index is 10.6. The van der Waals surface area contributed by atoms with Gasteiger partial charge in [0.2, 0.25) is 0 Å². The van der Waals surface area contributed by atoms with E-state index < -0.39 is 0 Å². The molecule has 0 aliphatic rings. The monoisotopic (exact) mass is 138 g/mol. The molecule has 53 valence electrons. The highest BCUT2D eigenvalue weighted by Crippen LogP contribution is 1.97. The first kappa shape index (κ1) is 6.80. The Morgan fingerprint density at radius 1 is 1.70 bits per heavy atom. The van der Waals surface area contributed by atoms with Gasteiger partial charge in [-0.25, -0.2) is 4.98 Å². The molecule has 1 radical (unpaired) electrons. The lowest BCUT2D eigenvalue weighted by molar-refractivity contribution is 1.01. The lowest BCUT2D eigenvalue weighted by Gasteiger charge is -2.07. The van der Waals surface area contributed by atoms with Gasteiger partial charge in [0.25, 0.3) is 5.56 Å². The van der Waals surface area contributed by atoms with Crippen LogP contribution in [0.1, 0.15) is 0 Å². The number of hydrogen-bond acceptors (Lipinski definition) is 3. The number of H-pyrrole nitrogens is 1. The van der Waals surface area contributed by atoms with E-state index in [1.807, 2.05) is 14.1 Å². The summed E-state index contributed by atoms with van der Waals surface area (Å²) in [5.41, 5.74) is -0.182. The molecule has 0 atom stereocenters. The Kier molecular flexibility index (Phi) is 1.71. The minimum atomic E-state index is -0.182. The van der Waals surface area contributed by atoms with E-state index in [0.717, 1.165) is 0 Å². The second kappa shape index (κ2) is 2.51. The lowest BCUT2D eigenvalue weighted by Crippen LogP contribution is -2.15. The molecule has 1 aromatic heterocycles. The van der Waals surface area contributed by atoms with Gasteiger partial charge < -0.3 is 9.88 Å². The quantitative estimate of drug-likeness (QED) is 0.576. The van der Waals surface area contributed by atoms with Gasteiger partial charge in [0.15, 0.2) is 6.33 Å². The molecule has 0 fully saturated rings. The number of anilines is 1. The average Bonchev–Trinajstić information content (AvgIpc) is 1.88. The molecular weight excluding hydrogens is 130 g/mol. The molecule has 0 saturated carbocycles. The van der Waals surface area contributed by atoms with Crippen LogP contribution in [0.15, 0.2) is 10.9 Å². The van der Waals surface area contributed by atoms with Gasteiger partial charge in [-0.1, -0.05) is 0 Å². The molecule has 1 heterocycles. The van der Waals surface area contributed by atoms with Gasteiger partial charge in [0.05, 0.1) is 0 Å². The Hall–Kier alpha value is -1.32. The van der Waals surface area contributed by atoms with Gasteiger partial charge in [-0.15, -0.1) is 0 Å². The van der Waals surface area contributed by atoms with E-state index in [0.29, 0.717) is 5.82 Å². The Labute approximate surface area is 58.5 Å². The average molecular weight is 138 g/mol. The van der Waals surface area contributed by atoms with Crippen LogP contribution in [-0.2, 0) is 0 Å². The van der Waals surface area contributed by atoms with E-state index >= 15 is 0 Å². The first-order chi connectivity index (χ1) is 4.70. The largest absolute Gasteiger partial charge is 0.363 e. The van der Waals surface area contributed by atoms with Crippen molar-refractivity contribution in [3.63, 3.8) is 0 Å². The summed E-state index contributed by atoms with van der Waals surface area (Å²) in [4.78, 5) is 18.5. The van der Waals surface area contributed by atoms with Gasteiger partial charge in [0.1, 0.15) is 5.82 Å². The SMILES string of the molecule is CN(C)c1cc(=O)[nH][c]n1. The van der Waals surface area contributed by atoms with Crippen LogP contribution >= 0.6 is 0 Å². The number of rotatable bonds is 1. The Balaban J connectivity index is 3.07. The van der Waals surface area contributed by atoms with Crippen LogP contribution < -0.4 is 10.5 Å². The Morgan fingerprint density at radius 2 is 2.40 bits per heavy atom. The zero-order valence-electron chi connectivity index (χ0n) is 5.88. The number of aromatic amines is 1. The highest BCUT2D eigenvalue weighted by molar-refractivity contribution is 5.33. The van der Waals surface area contributed by atoms with Crippen LogP contribution in [0, 0.1) is 6.33 Å². The smallest absolute Gasteiger partial charge is 0.253 e. The number of hydrogen-bond donors (Lipinski definition) is 1. The van der Waals surface area contributed by atoms with Crippen molar-refractivity contribution in [3.8, 4) is 0 Å². The van der Waals surface area contributed by atoms with E-state index in [9.17, 15) is 4.79 Å². The maximum Gasteiger partial charge on any atom is 0.253 e. The van der Waals surface area contributed by atoms with Crippen LogP contribution in [-0.4, -0.2) is 24.1 Å². The molecule has 0 unspecified atom stereocenters. The fourth-order valence-corrected chi connectivity index (χ4v) is 0.555. The third-order valence-corrected chi connectivity index (χ3v) is 1.07. The molecule has 0 amide bonds. The Bertz CT molecular complexity index is 266. The summed E-state index contributed by atoms with van der Waals surface area (Å²) in [7, 11) is 3.63. The third kappa shape index (κ3) is 1.34. The van der Waals surface area contributed by atoms with Gasteiger partial charge in [-0.05, 0) is 0 Å². The van der Waals surface area contributed by atoms with Crippen molar-refractivity contribution in [2.24, 2.45) is 0 Å². The van der Waals surface area contributed by atoms with E-state index in [4.69, 9.17) is 0 Å². The molecule has 0 aromatic carbocycles. The van der Waals surface area contributed by atoms with Crippen molar-refractivity contribution in [1.82, 2.24) is 9.97 Å². The van der Waals surface area contributed by atoms with Crippen LogP contribution in [0.5, 0.6) is 0 Å². The summed E-state index contributed by atoms with van der Waals surface area (Å²) in [6, 6.07) is 1.41. The van der Waals surface area contributed by atoms with Crippen LogP contribution in [0.4, 0.5) is 5.82 Å². The molecule has 0 aliphatic carbocycles. The molecule has 1 rings (SSSR count). The minimum absolute atomic E-state index is 0.182. The topological polar surface area (TPSA) is 49.0 Å². The standard InChI is InChI=1S/C6H8N3O/c1-9(2)5-3-6(10)8-4-7-5/h3H,1-2H3,(H,7,8,10). The van der Waals surface area contributed by atoms with E-state index in [-0.39, 0.29) is 5.56 Å². The molecule has 4 heteroatoms. The Morgan fingerprint density at radius 3 is 2.80 bits per heavy atom. The van der Waals surface area contributed by atoms with Crippen molar-refractivity contribution in [2.75, 3.05) is 19.0 Å². The highest BCUT2D eigenvalue weighted by Gasteiger charge is 1.94. The predicted octanol–water partition coefficient (Wildman–Crippen LogP) is -0.364. The molecule has 4 nitrogen and oxygen atoms in total. The molecular formula is C6H8N3O. The number of nitrogens with zero attached hydrogens (tertiary/aromatic N) is 2. The first-order valence-electron chi connectivity index (χ1n) is 2.85. The number of nitrogens with one attached hydrogen (secondary N) is 1. The predicted molar refractivity (Wildman–Crippen MR) is 38.0 cm³/mol. The van der Waals surface area contributed by atoms with Crippen molar-refractivity contribution in [3.05, 3.63) is 22.7 Å². The highest BCUT2D eigenvalue weighted by atomic mass is 16.1. The van der Waals surface area contributed by atoms with E-state index in [1.54, 1.807) is 4.90 Å². The molecule has 0 aliphatic heterocycles. The molecule has 0 saturated heterocycles. The lowest BCUT2D eigenvalue weighted by atomic mass is 10.5. The minimum Gasteiger partial charge on any atom is -0.363 e. The normalized spacial score (nSPS) is 9.40. The van der Waals surface area contributed by atoms with E-state index in [1.165, 1.54) is 6.07 Å². The first-order valence-corrected chi connectivity index (χ1v) is 2.85. The van der Waals surface area contributed by atoms with E-state index in [2.05, 4.69) is 16.3 Å². The fourth-order valence-electron chi connectivity index (χ4n) is 0.555. The second-order valence-corrected chi connectivity index (χ2v) is 2.11. The van der Waals surface area contributed by atoms with Gasteiger partial charge in [-0.3, -0.25) is 4.79 Å². The molecule has 1 aromatic rings. The fraction of sp³-hybridized carbons (Fsp3) is 0.333. The molecule has 0 spiro atoms. The van der Waals surface area contributed by atoms with Crippen LogP contribution in [0.25, 0.3) is 0 Å². The van der Waals surface area contributed by atoms with Gasteiger partial charge in [-0.2, -0.15) is 0 Å². The summed E-state index contributed by atoms with van der Waals surface area (Å²) in [6.07, 6.45) is 2.38.